The molecule has 25 heavy (non-hydrogen) atoms. The lowest BCUT2D eigenvalue weighted by Crippen LogP contribution is -2.04. The molecule has 1 aromatic heterocycles. The summed E-state index contributed by atoms with van der Waals surface area (Å²) < 4.78 is 5.25. The summed E-state index contributed by atoms with van der Waals surface area (Å²) in [5, 5.41) is 9.71. The van der Waals surface area contributed by atoms with Crippen LogP contribution in [0.5, 0.6) is 5.75 Å². The molecule has 4 heteroatoms. The molecular formula is C21H19N3O. The van der Waals surface area contributed by atoms with E-state index >= 15 is 0 Å². The number of nitrogens with zero attached hydrogens (tertiary/aromatic N) is 2. The van der Waals surface area contributed by atoms with Crippen LogP contribution in [0.4, 0.5) is 5.82 Å². The largest absolute Gasteiger partial charge is 0.497 e. The Balaban J connectivity index is 2.38. The molecule has 0 amide bonds. The molecule has 0 saturated heterocycles. The van der Waals surface area contributed by atoms with E-state index in [1.807, 2.05) is 62.4 Å². The van der Waals surface area contributed by atoms with E-state index in [1.54, 1.807) is 7.11 Å². The highest BCUT2D eigenvalue weighted by atomic mass is 16.5. The molecule has 0 radical (unpaired) electrons. The van der Waals surface area contributed by atoms with Gasteiger partial charge in [-0.3, -0.25) is 0 Å². The fourth-order valence-corrected chi connectivity index (χ4v) is 3.07. The molecule has 4 nitrogen and oxygen atoms in total. The van der Waals surface area contributed by atoms with E-state index < -0.39 is 0 Å². The highest BCUT2D eigenvalue weighted by Crippen LogP contribution is 2.40. The van der Waals surface area contributed by atoms with Gasteiger partial charge in [0.25, 0.3) is 0 Å². The van der Waals surface area contributed by atoms with E-state index in [0.29, 0.717) is 5.56 Å². The fourth-order valence-electron chi connectivity index (χ4n) is 3.07. The van der Waals surface area contributed by atoms with E-state index in [4.69, 9.17) is 10.5 Å². The van der Waals surface area contributed by atoms with E-state index in [-0.39, 0.29) is 5.82 Å². The first-order valence-corrected chi connectivity index (χ1v) is 7.97. The SMILES string of the molecule is COc1ccc(-c2c(C)nc(N)c(C#N)c2-c2ccccc2C)cc1. The van der Waals surface area contributed by atoms with Crippen molar-refractivity contribution in [2.45, 2.75) is 13.8 Å². The highest BCUT2D eigenvalue weighted by molar-refractivity contribution is 5.92. The Morgan fingerprint density at radius 3 is 2.28 bits per heavy atom. The molecule has 0 saturated carbocycles. The Hall–Kier alpha value is -3.32. The summed E-state index contributed by atoms with van der Waals surface area (Å²) in [4.78, 5) is 4.40. The molecule has 0 aliphatic rings. The minimum atomic E-state index is 0.260. The number of methoxy groups -OCH3 is 1. The van der Waals surface area contributed by atoms with Crippen molar-refractivity contribution in [3.8, 4) is 34.1 Å². The quantitative estimate of drug-likeness (QED) is 0.768. The minimum Gasteiger partial charge on any atom is -0.497 e. The number of nitrogens with two attached hydrogens (primary N) is 1. The van der Waals surface area contributed by atoms with Gasteiger partial charge in [-0.15, -0.1) is 0 Å². The van der Waals surface area contributed by atoms with Crippen molar-refractivity contribution >= 4 is 5.82 Å². The molecular weight excluding hydrogens is 310 g/mol. The molecule has 0 fully saturated rings. The van der Waals surface area contributed by atoms with Crippen molar-refractivity contribution in [1.29, 1.82) is 5.26 Å². The highest BCUT2D eigenvalue weighted by Gasteiger charge is 2.20. The molecule has 0 bridgehead atoms. The van der Waals surface area contributed by atoms with Crippen LogP contribution in [-0.4, -0.2) is 12.1 Å². The monoisotopic (exact) mass is 329 g/mol. The summed E-state index contributed by atoms with van der Waals surface area (Å²) in [5.74, 6) is 1.04. The van der Waals surface area contributed by atoms with Gasteiger partial charge in [0.05, 0.1) is 7.11 Å². The van der Waals surface area contributed by atoms with Crippen LogP contribution in [0.3, 0.4) is 0 Å². The van der Waals surface area contributed by atoms with Gasteiger partial charge in [0.15, 0.2) is 0 Å². The molecule has 0 aliphatic heterocycles. The van der Waals surface area contributed by atoms with Crippen LogP contribution in [0.25, 0.3) is 22.3 Å². The van der Waals surface area contributed by atoms with E-state index in [2.05, 4.69) is 11.1 Å². The average molecular weight is 329 g/mol. The molecule has 1 heterocycles. The maximum atomic E-state index is 9.71. The lowest BCUT2D eigenvalue weighted by atomic mass is 9.88. The van der Waals surface area contributed by atoms with Crippen LogP contribution >= 0.6 is 0 Å². The zero-order valence-electron chi connectivity index (χ0n) is 14.5. The van der Waals surface area contributed by atoms with Crippen LogP contribution in [0, 0.1) is 25.2 Å². The van der Waals surface area contributed by atoms with Gasteiger partial charge in [-0.25, -0.2) is 4.98 Å². The lowest BCUT2D eigenvalue weighted by Gasteiger charge is -2.18. The van der Waals surface area contributed by atoms with Gasteiger partial charge in [-0.2, -0.15) is 5.26 Å². The number of rotatable bonds is 3. The van der Waals surface area contributed by atoms with E-state index in [1.165, 1.54) is 0 Å². The maximum Gasteiger partial charge on any atom is 0.142 e. The summed E-state index contributed by atoms with van der Waals surface area (Å²) in [6, 6.07) is 18.0. The predicted molar refractivity (Wildman–Crippen MR) is 100 cm³/mol. The predicted octanol–water partition coefficient (Wildman–Crippen LogP) is 4.49. The van der Waals surface area contributed by atoms with Gasteiger partial charge >= 0.3 is 0 Å². The first-order valence-electron chi connectivity index (χ1n) is 7.97. The summed E-state index contributed by atoms with van der Waals surface area (Å²) in [5.41, 5.74) is 12.1. The number of pyridine rings is 1. The van der Waals surface area contributed by atoms with Gasteiger partial charge in [-0.05, 0) is 42.7 Å². The molecule has 0 unspecified atom stereocenters. The zero-order valence-corrected chi connectivity index (χ0v) is 14.5. The Labute approximate surface area is 147 Å². The van der Waals surface area contributed by atoms with Gasteiger partial charge in [0.1, 0.15) is 23.2 Å². The van der Waals surface area contributed by atoms with Crippen LogP contribution in [-0.2, 0) is 0 Å². The van der Waals surface area contributed by atoms with Gasteiger partial charge in [-0.1, -0.05) is 36.4 Å². The number of hydrogen-bond donors (Lipinski definition) is 1. The van der Waals surface area contributed by atoms with E-state index in [9.17, 15) is 5.26 Å². The average Bonchev–Trinajstić information content (AvgIpc) is 2.62. The van der Waals surface area contributed by atoms with Crippen molar-refractivity contribution in [2.75, 3.05) is 12.8 Å². The van der Waals surface area contributed by atoms with Crippen molar-refractivity contribution in [1.82, 2.24) is 4.98 Å². The number of benzene rings is 2. The minimum absolute atomic E-state index is 0.260. The normalized spacial score (nSPS) is 10.3. The molecule has 2 aromatic carbocycles. The van der Waals surface area contributed by atoms with Crippen LogP contribution in [0.1, 0.15) is 16.8 Å². The van der Waals surface area contributed by atoms with Crippen molar-refractivity contribution in [3.63, 3.8) is 0 Å². The second-order valence-corrected chi connectivity index (χ2v) is 5.86. The molecule has 124 valence electrons. The van der Waals surface area contributed by atoms with Gasteiger partial charge in [0, 0.05) is 16.8 Å². The summed E-state index contributed by atoms with van der Waals surface area (Å²) in [6.45, 7) is 3.94. The molecule has 0 atom stereocenters. The number of hydrogen-bond acceptors (Lipinski definition) is 4. The molecule has 3 aromatic rings. The third kappa shape index (κ3) is 2.92. The molecule has 2 N–H and O–H groups in total. The Bertz CT molecular complexity index is 970. The van der Waals surface area contributed by atoms with Crippen LogP contribution in [0.2, 0.25) is 0 Å². The van der Waals surface area contributed by atoms with Crippen LogP contribution in [0.15, 0.2) is 48.5 Å². The molecule has 3 rings (SSSR count). The number of ether oxygens (including phenoxy) is 1. The number of nitrogen functional groups attached to an aromatic ring is 1. The number of aromatic nitrogens is 1. The topological polar surface area (TPSA) is 71.9 Å². The molecule has 0 aliphatic carbocycles. The first kappa shape index (κ1) is 16.5. The lowest BCUT2D eigenvalue weighted by molar-refractivity contribution is 0.415. The standard InChI is InChI=1S/C21H19N3O/c1-13-6-4-5-7-17(13)20-18(12-22)21(23)24-14(2)19(20)15-8-10-16(25-3)11-9-15/h4-11H,1-3H3,(H2,23,24). The molecule has 0 spiro atoms. The van der Waals surface area contributed by atoms with E-state index in [0.717, 1.165) is 39.3 Å². The van der Waals surface area contributed by atoms with Crippen molar-refractivity contribution in [2.24, 2.45) is 0 Å². The Kier molecular flexibility index (Phi) is 4.40. The van der Waals surface area contributed by atoms with Gasteiger partial charge < -0.3 is 10.5 Å². The summed E-state index contributed by atoms with van der Waals surface area (Å²) >= 11 is 0. The first-order chi connectivity index (χ1) is 12.1. The Morgan fingerprint density at radius 1 is 1.00 bits per heavy atom. The second kappa shape index (κ2) is 6.66. The smallest absolute Gasteiger partial charge is 0.142 e. The number of nitriles is 1. The number of aryl methyl sites for hydroxylation is 2. The van der Waals surface area contributed by atoms with Crippen LogP contribution < -0.4 is 10.5 Å². The van der Waals surface area contributed by atoms with Crippen molar-refractivity contribution in [3.05, 3.63) is 65.4 Å². The summed E-state index contributed by atoms with van der Waals surface area (Å²) in [6.07, 6.45) is 0. The maximum absolute atomic E-state index is 9.71. The second-order valence-electron chi connectivity index (χ2n) is 5.86. The fraction of sp³-hybridized carbons (Fsp3) is 0.143. The third-order valence-corrected chi connectivity index (χ3v) is 4.31. The Morgan fingerprint density at radius 2 is 1.68 bits per heavy atom. The summed E-state index contributed by atoms with van der Waals surface area (Å²) in [7, 11) is 1.64. The zero-order chi connectivity index (χ0) is 18.0. The number of anilines is 1. The van der Waals surface area contributed by atoms with Crippen molar-refractivity contribution < 1.29 is 4.74 Å². The van der Waals surface area contributed by atoms with Gasteiger partial charge in [0.2, 0.25) is 0 Å². The third-order valence-electron chi connectivity index (χ3n) is 4.31.